The zero-order valence-corrected chi connectivity index (χ0v) is 29.7. The molecule has 1 atom stereocenters. The predicted molar refractivity (Wildman–Crippen MR) is 201 cm³/mol. The first-order valence-corrected chi connectivity index (χ1v) is 19.4. The van der Waals surface area contributed by atoms with Crippen LogP contribution in [0.4, 0.5) is 11.4 Å². The van der Waals surface area contributed by atoms with Crippen molar-refractivity contribution in [3.8, 4) is 17.2 Å². The first-order chi connectivity index (χ1) is 24.0. The number of alkyl halides is 3. The van der Waals surface area contributed by atoms with Crippen LogP contribution < -0.4 is 23.3 Å². The van der Waals surface area contributed by atoms with E-state index >= 15 is 0 Å². The Morgan fingerprint density at radius 1 is 0.673 bits per heavy atom. The summed E-state index contributed by atoms with van der Waals surface area (Å²) in [6.45, 7) is 0. The molecular formula is C40H31Cl3N2O3Si. The molecule has 1 spiro atoms. The smallest absolute Gasteiger partial charge is 0.0874 e. The second kappa shape index (κ2) is 12.3. The summed E-state index contributed by atoms with van der Waals surface area (Å²) in [6, 6.07) is 54.9. The van der Waals surface area contributed by atoms with Gasteiger partial charge in [-0.05, 0) is 0 Å². The fourth-order valence-electron chi connectivity index (χ4n) is 7.60. The van der Waals surface area contributed by atoms with E-state index in [4.69, 9.17) is 48.4 Å². The molecule has 0 fully saturated rings. The summed E-state index contributed by atoms with van der Waals surface area (Å²) in [4.78, 5) is 0. The van der Waals surface area contributed by atoms with Crippen LogP contribution in [0.2, 0.25) is 0 Å². The predicted octanol–water partition coefficient (Wildman–Crippen LogP) is 9.55. The van der Waals surface area contributed by atoms with Crippen molar-refractivity contribution in [2.45, 2.75) is 10.3 Å². The first kappa shape index (κ1) is 31.5. The summed E-state index contributed by atoms with van der Waals surface area (Å²) < 4.78 is 25.5. The number of nitrogens with zero attached hydrogens (tertiary/aromatic N) is 2. The van der Waals surface area contributed by atoms with E-state index in [1.54, 1.807) is 7.11 Å². The van der Waals surface area contributed by atoms with Crippen LogP contribution in [0.1, 0.15) is 28.3 Å². The van der Waals surface area contributed by atoms with Crippen molar-refractivity contribution in [2.24, 2.45) is 0 Å². The van der Waals surface area contributed by atoms with E-state index in [0.717, 1.165) is 61.8 Å². The summed E-state index contributed by atoms with van der Waals surface area (Å²) in [6.07, 6.45) is 0. The Morgan fingerprint density at radius 2 is 1.27 bits per heavy atom. The number of rotatable bonds is 4. The van der Waals surface area contributed by atoms with E-state index in [1.807, 2.05) is 12.1 Å². The van der Waals surface area contributed by atoms with E-state index in [0.29, 0.717) is 0 Å². The van der Waals surface area contributed by atoms with Gasteiger partial charge < -0.3 is 0 Å². The van der Waals surface area contributed by atoms with Gasteiger partial charge in [-0.1, -0.05) is 34.8 Å². The second-order valence-corrected chi connectivity index (χ2v) is 17.8. The Bertz CT molecular complexity index is 2200. The third kappa shape index (κ3) is 4.77. The topological polar surface area (TPSA) is 33.9 Å². The molecule has 9 heteroatoms. The molecule has 244 valence electrons. The molecule has 6 aromatic rings. The largest absolute Gasteiger partial charge is 0.180 e. The van der Waals surface area contributed by atoms with Gasteiger partial charge in [0.1, 0.15) is 0 Å². The van der Waals surface area contributed by atoms with Crippen LogP contribution in [0.5, 0.6) is 17.2 Å². The second-order valence-electron chi connectivity index (χ2n) is 11.9. The molecule has 0 radical (unpaired) electrons. The van der Waals surface area contributed by atoms with Gasteiger partial charge in [0.25, 0.3) is 0 Å². The first-order valence-electron chi connectivity index (χ1n) is 15.9. The van der Waals surface area contributed by atoms with Gasteiger partial charge in [-0.3, -0.25) is 0 Å². The number of hydrogen-bond acceptors (Lipinski definition) is 4. The van der Waals surface area contributed by atoms with Crippen molar-refractivity contribution >= 4 is 65.2 Å². The molecule has 0 saturated carbocycles. The SMILES string of the molecule is COc1ccc2c(c1)O[Si-]13(c4ccccc4)Oc4ccccc4[C@H](c4ccccc4)N1c1ccccc1[N+]3=C2c1ccccc1.ClC(Cl)Cl. The van der Waals surface area contributed by atoms with Crippen LogP contribution in [0.25, 0.3) is 0 Å². The van der Waals surface area contributed by atoms with E-state index in [2.05, 4.69) is 154 Å². The summed E-state index contributed by atoms with van der Waals surface area (Å²) in [5.41, 5.74) is 7.46. The molecule has 0 N–H and O–H groups in total. The van der Waals surface area contributed by atoms with Crippen molar-refractivity contribution < 1.29 is 17.8 Å². The molecule has 0 bridgehead atoms. The van der Waals surface area contributed by atoms with Gasteiger partial charge in [-0.2, -0.15) is 0 Å². The van der Waals surface area contributed by atoms with Gasteiger partial charge in [0.05, 0.1) is 0 Å². The maximum Gasteiger partial charge on any atom is 0.180 e. The number of ether oxygens (including phenoxy) is 1. The van der Waals surface area contributed by atoms with Crippen LogP contribution in [0.3, 0.4) is 0 Å². The summed E-state index contributed by atoms with van der Waals surface area (Å²) in [7, 11) is -3.10. The Balaban J connectivity index is 0.000000829. The number of benzene rings is 6. The molecule has 3 aliphatic heterocycles. The molecule has 0 aliphatic carbocycles. The van der Waals surface area contributed by atoms with Crippen LogP contribution in [-0.2, 0) is 0 Å². The molecule has 0 aromatic heterocycles. The maximum atomic E-state index is 7.79. The van der Waals surface area contributed by atoms with Gasteiger partial charge in [0.2, 0.25) is 0 Å². The number of hydrogen-bond donors (Lipinski definition) is 0. The Morgan fingerprint density at radius 3 is 1.98 bits per heavy atom. The van der Waals surface area contributed by atoms with Crippen molar-refractivity contribution in [1.29, 1.82) is 0 Å². The summed E-state index contributed by atoms with van der Waals surface area (Å²) in [5.74, 6) is 2.27. The van der Waals surface area contributed by atoms with Gasteiger partial charge in [0.15, 0.2) is 4.30 Å². The summed E-state index contributed by atoms with van der Waals surface area (Å²) >= 11 is 14.4. The molecule has 6 aromatic carbocycles. The van der Waals surface area contributed by atoms with Crippen LogP contribution in [0.15, 0.2) is 158 Å². The fourth-order valence-corrected chi connectivity index (χ4v) is 13.5. The van der Waals surface area contributed by atoms with Crippen LogP contribution in [-0.4, -0.2) is 29.5 Å². The minimum atomic E-state index is -4.79. The van der Waals surface area contributed by atoms with E-state index in [1.165, 1.54) is 0 Å². The zero-order valence-electron chi connectivity index (χ0n) is 26.4. The minimum absolute atomic E-state index is 0.194. The maximum absolute atomic E-state index is 7.79. The number of fused-ring (bicyclic) bond motifs is 5. The Labute approximate surface area is 300 Å². The zero-order chi connectivity index (χ0) is 33.6. The number of halogens is 3. The van der Waals surface area contributed by atoms with E-state index in [-0.39, 0.29) is 6.04 Å². The number of para-hydroxylation sites is 3. The molecular weight excluding hydrogens is 691 g/mol. The van der Waals surface area contributed by atoms with E-state index < -0.39 is 12.5 Å². The third-order valence-electron chi connectivity index (χ3n) is 9.36. The van der Waals surface area contributed by atoms with Gasteiger partial charge in [-0.25, -0.2) is 0 Å². The average Bonchev–Trinajstić information content (AvgIpc) is 3.41. The Hall–Kier alpha value is -4.72. The van der Waals surface area contributed by atoms with Crippen LogP contribution in [0, 0.1) is 0 Å². The van der Waals surface area contributed by atoms with E-state index in [9.17, 15) is 0 Å². The number of anilines is 1. The molecule has 5 nitrogen and oxygen atoms in total. The van der Waals surface area contributed by atoms with Gasteiger partial charge >= 0.3 is 263 Å². The molecule has 3 heterocycles. The average molecular weight is 722 g/mol. The van der Waals surface area contributed by atoms with Gasteiger partial charge in [0, 0.05) is 0 Å². The monoisotopic (exact) mass is 720 g/mol. The molecule has 49 heavy (non-hydrogen) atoms. The molecule has 0 saturated heterocycles. The van der Waals surface area contributed by atoms with Crippen LogP contribution >= 0.6 is 34.8 Å². The minimum Gasteiger partial charge on any atom is -0.0874 e. The fraction of sp³-hybridized carbons (Fsp3) is 0.0750. The van der Waals surface area contributed by atoms with Crippen molar-refractivity contribution in [3.63, 3.8) is 0 Å². The van der Waals surface area contributed by atoms with Crippen molar-refractivity contribution in [1.82, 2.24) is 0 Å². The molecule has 3 aliphatic rings. The van der Waals surface area contributed by atoms with Crippen molar-refractivity contribution in [2.75, 3.05) is 11.7 Å². The molecule has 0 unspecified atom stereocenters. The van der Waals surface area contributed by atoms with Gasteiger partial charge in [-0.15, -0.1) is 0 Å². The number of methoxy groups -OCH3 is 1. The quantitative estimate of drug-likeness (QED) is 0.134. The van der Waals surface area contributed by atoms with Crippen molar-refractivity contribution in [3.05, 3.63) is 180 Å². The molecule has 9 rings (SSSR count). The summed E-state index contributed by atoms with van der Waals surface area (Å²) in [5, 5.41) is 0.992. The molecule has 0 amide bonds. The Kier molecular flexibility index (Phi) is 7.92. The normalized spacial score (nSPS) is 18.0. The standard InChI is InChI=1S/C39H30N2O3Si.CHCl3/c1-42-30-25-26-33-37(27-30)44-45(31-19-9-4-10-20-31)40(38(28-15-5-2-6-16-28)32-21-11-14-24-36(32)43-45)34-22-12-13-23-35(34)41(45)39(33)29-17-7-3-8-18-29;2-1(3)4/h2-27,38H,1H3;1H/t38-;/m0./s1. The third-order valence-corrected chi connectivity index (χ3v) is 14.5.